The first-order valence-corrected chi connectivity index (χ1v) is 8.62. The van der Waals surface area contributed by atoms with Gasteiger partial charge in [-0.05, 0) is 31.9 Å². The summed E-state index contributed by atoms with van der Waals surface area (Å²) in [5.41, 5.74) is 2.89. The van der Waals surface area contributed by atoms with Gasteiger partial charge in [0.2, 0.25) is 11.8 Å². The molecule has 1 saturated carbocycles. The maximum absolute atomic E-state index is 12.1. The van der Waals surface area contributed by atoms with Crippen LogP contribution in [0.1, 0.15) is 26.2 Å². The summed E-state index contributed by atoms with van der Waals surface area (Å²) in [7, 11) is 0. The van der Waals surface area contributed by atoms with Gasteiger partial charge in [-0.2, -0.15) is 0 Å². The Morgan fingerprint density at radius 1 is 1.32 bits per heavy atom. The van der Waals surface area contributed by atoms with E-state index >= 15 is 0 Å². The van der Waals surface area contributed by atoms with Crippen molar-refractivity contribution in [3.63, 3.8) is 0 Å². The van der Waals surface area contributed by atoms with Crippen molar-refractivity contribution in [1.29, 1.82) is 0 Å². The zero-order valence-electron chi connectivity index (χ0n) is 14.1. The Kier molecular flexibility index (Phi) is 4.09. The molecule has 0 unspecified atom stereocenters. The molecule has 128 valence electrons. The standard InChI is InChI=1S/C19H20N4O2/c1-2-25-18-9-13(6-7-20-18)15-8-14-11-21-17(10-16(14)22-15)23-19(24)12-4-3-5-12/h6-12,22H,2-5H2,1H3,(H,21,23,24). The maximum atomic E-state index is 12.1. The third-order valence-corrected chi connectivity index (χ3v) is 4.57. The molecule has 25 heavy (non-hydrogen) atoms. The molecule has 0 radical (unpaired) electrons. The molecule has 3 aromatic rings. The fraction of sp³-hybridized carbons (Fsp3) is 0.316. The molecule has 0 aromatic carbocycles. The highest BCUT2D eigenvalue weighted by atomic mass is 16.5. The van der Waals surface area contributed by atoms with Crippen molar-refractivity contribution in [2.24, 2.45) is 5.92 Å². The highest BCUT2D eigenvalue weighted by Gasteiger charge is 2.25. The van der Waals surface area contributed by atoms with Gasteiger partial charge in [0.25, 0.3) is 0 Å². The monoisotopic (exact) mass is 336 g/mol. The molecule has 1 aliphatic carbocycles. The van der Waals surface area contributed by atoms with Gasteiger partial charge in [0.05, 0.1) is 12.1 Å². The molecule has 6 nitrogen and oxygen atoms in total. The van der Waals surface area contributed by atoms with Crippen LogP contribution in [-0.2, 0) is 4.79 Å². The molecule has 1 aliphatic rings. The molecule has 3 aromatic heterocycles. The predicted octanol–water partition coefficient (Wildman–Crippen LogP) is 3.76. The summed E-state index contributed by atoms with van der Waals surface area (Å²) in [6.07, 6.45) is 6.60. The maximum Gasteiger partial charge on any atom is 0.228 e. The second-order valence-corrected chi connectivity index (χ2v) is 6.27. The molecule has 0 saturated heterocycles. The molecular formula is C19H20N4O2. The van der Waals surface area contributed by atoms with Gasteiger partial charge in [0, 0.05) is 47.1 Å². The van der Waals surface area contributed by atoms with Crippen LogP contribution in [0.25, 0.3) is 22.2 Å². The van der Waals surface area contributed by atoms with Crippen molar-refractivity contribution < 1.29 is 9.53 Å². The van der Waals surface area contributed by atoms with Crippen molar-refractivity contribution in [3.8, 4) is 17.1 Å². The van der Waals surface area contributed by atoms with Gasteiger partial charge >= 0.3 is 0 Å². The summed E-state index contributed by atoms with van der Waals surface area (Å²) in [5.74, 6) is 1.40. The number of amides is 1. The van der Waals surface area contributed by atoms with E-state index in [1.807, 2.05) is 31.2 Å². The number of rotatable bonds is 5. The summed E-state index contributed by atoms with van der Waals surface area (Å²) in [6.45, 7) is 2.51. The SMILES string of the molecule is CCOc1cc(-c2cc3cnc(NC(=O)C4CCC4)cc3[nH]2)ccn1. The number of hydrogen-bond acceptors (Lipinski definition) is 4. The van der Waals surface area contributed by atoms with Crippen LogP contribution in [0.5, 0.6) is 5.88 Å². The molecule has 0 aliphatic heterocycles. The fourth-order valence-corrected chi connectivity index (χ4v) is 2.95. The molecule has 0 atom stereocenters. The molecule has 1 amide bonds. The van der Waals surface area contributed by atoms with Crippen LogP contribution < -0.4 is 10.1 Å². The average Bonchev–Trinajstić information content (AvgIpc) is 2.97. The largest absolute Gasteiger partial charge is 0.478 e. The number of nitrogens with one attached hydrogen (secondary N) is 2. The average molecular weight is 336 g/mol. The number of pyridine rings is 2. The summed E-state index contributed by atoms with van der Waals surface area (Å²) in [5, 5.41) is 3.90. The van der Waals surface area contributed by atoms with Crippen LogP contribution >= 0.6 is 0 Å². The van der Waals surface area contributed by atoms with Crippen LogP contribution in [0, 0.1) is 5.92 Å². The lowest BCUT2D eigenvalue weighted by Crippen LogP contribution is -2.28. The topological polar surface area (TPSA) is 79.9 Å². The summed E-state index contributed by atoms with van der Waals surface area (Å²) in [4.78, 5) is 24.0. The normalized spacial score (nSPS) is 14.3. The van der Waals surface area contributed by atoms with Crippen molar-refractivity contribution in [2.45, 2.75) is 26.2 Å². The lowest BCUT2D eigenvalue weighted by molar-refractivity contribution is -0.122. The number of ether oxygens (including phenoxy) is 1. The van der Waals surface area contributed by atoms with E-state index in [0.29, 0.717) is 18.3 Å². The van der Waals surface area contributed by atoms with Crippen LogP contribution in [-0.4, -0.2) is 27.5 Å². The smallest absolute Gasteiger partial charge is 0.228 e. The van der Waals surface area contributed by atoms with E-state index in [4.69, 9.17) is 4.74 Å². The zero-order chi connectivity index (χ0) is 17.2. The Labute approximate surface area is 145 Å². The van der Waals surface area contributed by atoms with Gasteiger partial charge < -0.3 is 15.0 Å². The van der Waals surface area contributed by atoms with Crippen molar-refractivity contribution in [1.82, 2.24) is 15.0 Å². The lowest BCUT2D eigenvalue weighted by atomic mass is 9.85. The molecule has 6 heteroatoms. The van der Waals surface area contributed by atoms with Gasteiger partial charge in [-0.25, -0.2) is 9.97 Å². The van der Waals surface area contributed by atoms with E-state index in [0.717, 1.165) is 41.4 Å². The zero-order valence-corrected chi connectivity index (χ0v) is 14.1. The van der Waals surface area contributed by atoms with Gasteiger partial charge in [-0.15, -0.1) is 0 Å². The Bertz CT molecular complexity index is 915. The van der Waals surface area contributed by atoms with E-state index < -0.39 is 0 Å². The van der Waals surface area contributed by atoms with E-state index in [9.17, 15) is 4.79 Å². The molecule has 4 rings (SSSR count). The first-order valence-electron chi connectivity index (χ1n) is 8.62. The lowest BCUT2D eigenvalue weighted by Gasteiger charge is -2.23. The molecule has 3 heterocycles. The van der Waals surface area contributed by atoms with Gasteiger partial charge in [0.1, 0.15) is 5.82 Å². The Morgan fingerprint density at radius 3 is 2.96 bits per heavy atom. The van der Waals surface area contributed by atoms with E-state index in [2.05, 4.69) is 20.3 Å². The number of H-pyrrole nitrogens is 1. The van der Waals surface area contributed by atoms with Crippen LogP contribution in [0.2, 0.25) is 0 Å². The molecule has 0 spiro atoms. The summed E-state index contributed by atoms with van der Waals surface area (Å²) in [6, 6.07) is 7.74. The highest BCUT2D eigenvalue weighted by Crippen LogP contribution is 2.29. The van der Waals surface area contributed by atoms with Crippen LogP contribution in [0.15, 0.2) is 36.7 Å². The Balaban J connectivity index is 1.59. The second-order valence-electron chi connectivity index (χ2n) is 6.27. The molecular weight excluding hydrogens is 316 g/mol. The van der Waals surface area contributed by atoms with E-state index in [-0.39, 0.29) is 11.8 Å². The minimum Gasteiger partial charge on any atom is -0.478 e. The third kappa shape index (κ3) is 3.20. The summed E-state index contributed by atoms with van der Waals surface area (Å²) >= 11 is 0. The van der Waals surface area contributed by atoms with Crippen molar-refractivity contribution >= 4 is 22.6 Å². The summed E-state index contributed by atoms with van der Waals surface area (Å²) < 4.78 is 5.46. The Hall–Kier alpha value is -2.89. The minimum absolute atomic E-state index is 0.0698. The first-order chi connectivity index (χ1) is 12.2. The van der Waals surface area contributed by atoms with E-state index in [1.165, 1.54) is 0 Å². The minimum atomic E-state index is 0.0698. The molecule has 0 bridgehead atoms. The van der Waals surface area contributed by atoms with Crippen LogP contribution in [0.4, 0.5) is 5.82 Å². The number of anilines is 1. The van der Waals surface area contributed by atoms with Gasteiger partial charge in [-0.1, -0.05) is 6.42 Å². The quantitative estimate of drug-likeness (QED) is 0.743. The number of aromatic amines is 1. The first kappa shape index (κ1) is 15.6. The molecule has 2 N–H and O–H groups in total. The number of fused-ring (bicyclic) bond motifs is 1. The number of aromatic nitrogens is 3. The predicted molar refractivity (Wildman–Crippen MR) is 96.5 cm³/mol. The number of carbonyl (C=O) groups excluding carboxylic acids is 1. The van der Waals surface area contributed by atoms with Crippen LogP contribution in [0.3, 0.4) is 0 Å². The Morgan fingerprint density at radius 2 is 2.20 bits per heavy atom. The van der Waals surface area contributed by atoms with Gasteiger partial charge in [0.15, 0.2) is 0 Å². The van der Waals surface area contributed by atoms with Crippen molar-refractivity contribution in [3.05, 3.63) is 36.7 Å². The van der Waals surface area contributed by atoms with E-state index in [1.54, 1.807) is 12.4 Å². The number of carbonyl (C=O) groups is 1. The third-order valence-electron chi connectivity index (χ3n) is 4.57. The fourth-order valence-electron chi connectivity index (χ4n) is 2.95. The van der Waals surface area contributed by atoms with Gasteiger partial charge in [-0.3, -0.25) is 4.79 Å². The highest BCUT2D eigenvalue weighted by molar-refractivity contribution is 5.94. The molecule has 1 fully saturated rings. The second kappa shape index (κ2) is 6.55. The number of hydrogen-bond donors (Lipinski definition) is 2. The van der Waals surface area contributed by atoms with Crippen molar-refractivity contribution in [2.75, 3.05) is 11.9 Å². The number of nitrogens with zero attached hydrogens (tertiary/aromatic N) is 2.